The SMILES string of the molecule is CCCCCNC(=O)CN1C(=O)N[C@](CC)(c2ccccc2)C1=O. The van der Waals surface area contributed by atoms with E-state index in [0.29, 0.717) is 13.0 Å². The highest BCUT2D eigenvalue weighted by molar-refractivity contribution is 6.09. The molecule has 1 heterocycles. The number of nitrogens with zero attached hydrogens (tertiary/aromatic N) is 1. The molecule has 0 radical (unpaired) electrons. The third-order valence-corrected chi connectivity index (χ3v) is 4.38. The number of urea groups is 1. The second-order valence-electron chi connectivity index (χ2n) is 6.00. The van der Waals surface area contributed by atoms with Crippen LogP contribution < -0.4 is 10.6 Å². The van der Waals surface area contributed by atoms with Crippen LogP contribution in [0.15, 0.2) is 30.3 Å². The molecule has 1 aromatic carbocycles. The van der Waals surface area contributed by atoms with Gasteiger partial charge in [-0.15, -0.1) is 0 Å². The summed E-state index contributed by atoms with van der Waals surface area (Å²) in [4.78, 5) is 38.1. The topological polar surface area (TPSA) is 78.5 Å². The number of imide groups is 1. The van der Waals surface area contributed by atoms with Gasteiger partial charge in [0.05, 0.1) is 0 Å². The van der Waals surface area contributed by atoms with Crippen molar-refractivity contribution in [2.24, 2.45) is 0 Å². The minimum atomic E-state index is -1.08. The molecule has 1 fully saturated rings. The minimum absolute atomic E-state index is 0.245. The quantitative estimate of drug-likeness (QED) is 0.566. The van der Waals surface area contributed by atoms with E-state index in [0.717, 1.165) is 29.7 Å². The monoisotopic (exact) mass is 331 g/mol. The lowest BCUT2D eigenvalue weighted by Crippen LogP contribution is -2.44. The van der Waals surface area contributed by atoms with E-state index in [1.807, 2.05) is 37.3 Å². The molecule has 130 valence electrons. The molecule has 1 aliphatic heterocycles. The van der Waals surface area contributed by atoms with E-state index in [9.17, 15) is 14.4 Å². The fraction of sp³-hybridized carbons (Fsp3) is 0.500. The Morgan fingerprint density at radius 1 is 1.17 bits per heavy atom. The van der Waals surface area contributed by atoms with E-state index in [2.05, 4.69) is 17.6 Å². The van der Waals surface area contributed by atoms with Crippen molar-refractivity contribution < 1.29 is 14.4 Å². The number of carbonyl (C=O) groups is 3. The molecular formula is C18H25N3O3. The maximum Gasteiger partial charge on any atom is 0.325 e. The number of hydrogen-bond donors (Lipinski definition) is 2. The molecule has 0 saturated carbocycles. The molecular weight excluding hydrogens is 306 g/mol. The fourth-order valence-electron chi connectivity index (χ4n) is 2.93. The van der Waals surface area contributed by atoms with Gasteiger partial charge in [-0.05, 0) is 18.4 Å². The lowest BCUT2D eigenvalue weighted by molar-refractivity contribution is -0.135. The molecule has 0 aliphatic carbocycles. The van der Waals surface area contributed by atoms with Gasteiger partial charge in [0.2, 0.25) is 5.91 Å². The van der Waals surface area contributed by atoms with Crippen molar-refractivity contribution >= 4 is 17.8 Å². The Morgan fingerprint density at radius 2 is 1.88 bits per heavy atom. The highest BCUT2D eigenvalue weighted by Crippen LogP contribution is 2.32. The van der Waals surface area contributed by atoms with Crippen molar-refractivity contribution in [1.29, 1.82) is 0 Å². The second kappa shape index (κ2) is 7.95. The molecule has 6 nitrogen and oxygen atoms in total. The number of unbranched alkanes of at least 4 members (excludes halogenated alkanes) is 2. The standard InChI is InChI=1S/C18H25N3O3/c1-3-5-9-12-19-15(22)13-21-16(23)18(4-2,20-17(21)24)14-10-7-6-8-11-14/h6-8,10-11H,3-5,9,12-13H2,1-2H3,(H,19,22)(H,20,24)/t18-/m1/s1. The molecule has 0 spiro atoms. The van der Waals surface area contributed by atoms with Gasteiger partial charge in [-0.3, -0.25) is 14.5 Å². The van der Waals surface area contributed by atoms with Gasteiger partial charge < -0.3 is 10.6 Å². The van der Waals surface area contributed by atoms with Gasteiger partial charge in [-0.1, -0.05) is 57.0 Å². The molecule has 4 amide bonds. The van der Waals surface area contributed by atoms with Crippen LogP contribution in [0.5, 0.6) is 0 Å². The Balaban J connectivity index is 2.07. The van der Waals surface area contributed by atoms with Crippen molar-refractivity contribution in [3.05, 3.63) is 35.9 Å². The summed E-state index contributed by atoms with van der Waals surface area (Å²) >= 11 is 0. The molecule has 6 heteroatoms. The van der Waals surface area contributed by atoms with Crippen LogP contribution >= 0.6 is 0 Å². The van der Waals surface area contributed by atoms with E-state index in [-0.39, 0.29) is 18.4 Å². The first-order valence-electron chi connectivity index (χ1n) is 8.51. The first-order valence-corrected chi connectivity index (χ1v) is 8.51. The number of amides is 4. The smallest absolute Gasteiger partial charge is 0.325 e. The van der Waals surface area contributed by atoms with Crippen LogP contribution in [0.4, 0.5) is 4.79 Å². The molecule has 24 heavy (non-hydrogen) atoms. The average molecular weight is 331 g/mol. The summed E-state index contributed by atoms with van der Waals surface area (Å²) in [6.07, 6.45) is 3.43. The third kappa shape index (κ3) is 3.58. The Labute approximate surface area is 142 Å². The zero-order chi connectivity index (χ0) is 17.6. The zero-order valence-corrected chi connectivity index (χ0v) is 14.3. The summed E-state index contributed by atoms with van der Waals surface area (Å²) in [5.74, 6) is -0.681. The van der Waals surface area contributed by atoms with Gasteiger partial charge >= 0.3 is 6.03 Å². The maximum atomic E-state index is 12.8. The van der Waals surface area contributed by atoms with Gasteiger partial charge in [0.1, 0.15) is 12.1 Å². The van der Waals surface area contributed by atoms with Crippen molar-refractivity contribution in [3.8, 4) is 0 Å². The molecule has 1 aromatic rings. The molecule has 0 unspecified atom stereocenters. The van der Waals surface area contributed by atoms with Crippen LogP contribution in [0.3, 0.4) is 0 Å². The largest absolute Gasteiger partial charge is 0.355 e. The van der Waals surface area contributed by atoms with Crippen LogP contribution in [-0.2, 0) is 15.1 Å². The number of benzene rings is 1. The number of nitrogens with one attached hydrogen (secondary N) is 2. The highest BCUT2D eigenvalue weighted by atomic mass is 16.2. The average Bonchev–Trinajstić information content (AvgIpc) is 2.84. The Bertz CT molecular complexity index is 603. The molecule has 1 aliphatic rings. The lowest BCUT2D eigenvalue weighted by atomic mass is 9.87. The van der Waals surface area contributed by atoms with E-state index in [4.69, 9.17) is 0 Å². The van der Waals surface area contributed by atoms with Crippen LogP contribution in [0.1, 0.15) is 45.1 Å². The maximum absolute atomic E-state index is 12.8. The summed E-state index contributed by atoms with van der Waals surface area (Å²) < 4.78 is 0. The molecule has 0 aromatic heterocycles. The van der Waals surface area contributed by atoms with Crippen molar-refractivity contribution in [3.63, 3.8) is 0 Å². The summed E-state index contributed by atoms with van der Waals surface area (Å²) in [5.41, 5.74) is -0.349. The lowest BCUT2D eigenvalue weighted by Gasteiger charge is -2.25. The van der Waals surface area contributed by atoms with E-state index in [1.165, 1.54) is 0 Å². The molecule has 0 bridgehead atoms. The van der Waals surface area contributed by atoms with Gasteiger partial charge in [0, 0.05) is 6.54 Å². The molecule has 1 atom stereocenters. The number of hydrogen-bond acceptors (Lipinski definition) is 3. The van der Waals surface area contributed by atoms with Crippen LogP contribution in [0, 0.1) is 0 Å². The first-order chi connectivity index (χ1) is 11.5. The highest BCUT2D eigenvalue weighted by Gasteiger charge is 2.51. The van der Waals surface area contributed by atoms with E-state index in [1.54, 1.807) is 0 Å². The first kappa shape index (κ1) is 18.0. The van der Waals surface area contributed by atoms with Gasteiger partial charge in [0.15, 0.2) is 0 Å². The Kier molecular flexibility index (Phi) is 5.95. The van der Waals surface area contributed by atoms with Crippen molar-refractivity contribution in [1.82, 2.24) is 15.5 Å². The minimum Gasteiger partial charge on any atom is -0.355 e. The summed E-state index contributed by atoms with van der Waals surface area (Å²) in [5, 5.41) is 5.53. The second-order valence-corrected chi connectivity index (χ2v) is 6.00. The van der Waals surface area contributed by atoms with Crippen molar-refractivity contribution in [2.45, 2.75) is 45.1 Å². The Hall–Kier alpha value is -2.37. The van der Waals surface area contributed by atoms with Gasteiger partial charge in [0.25, 0.3) is 5.91 Å². The van der Waals surface area contributed by atoms with Gasteiger partial charge in [-0.2, -0.15) is 0 Å². The van der Waals surface area contributed by atoms with Crippen LogP contribution in [0.25, 0.3) is 0 Å². The molecule has 2 rings (SSSR count). The van der Waals surface area contributed by atoms with E-state index < -0.39 is 11.6 Å². The predicted molar refractivity (Wildman–Crippen MR) is 91.2 cm³/mol. The Morgan fingerprint density at radius 3 is 2.50 bits per heavy atom. The predicted octanol–water partition coefficient (Wildman–Crippen LogP) is 2.15. The van der Waals surface area contributed by atoms with Crippen LogP contribution in [-0.4, -0.2) is 35.8 Å². The molecule has 1 saturated heterocycles. The zero-order valence-electron chi connectivity index (χ0n) is 14.3. The molecule has 2 N–H and O–H groups in total. The summed E-state index contributed by atoms with van der Waals surface area (Å²) in [6, 6.07) is 8.63. The number of carbonyl (C=O) groups excluding carboxylic acids is 3. The van der Waals surface area contributed by atoms with Gasteiger partial charge in [-0.25, -0.2) is 4.79 Å². The normalized spacial score (nSPS) is 20.2. The summed E-state index contributed by atoms with van der Waals surface area (Å²) in [6.45, 7) is 4.25. The third-order valence-electron chi connectivity index (χ3n) is 4.38. The fourth-order valence-corrected chi connectivity index (χ4v) is 2.93. The van der Waals surface area contributed by atoms with E-state index >= 15 is 0 Å². The van der Waals surface area contributed by atoms with Crippen molar-refractivity contribution in [2.75, 3.05) is 13.1 Å². The number of rotatable bonds is 8. The summed E-state index contributed by atoms with van der Waals surface area (Å²) in [7, 11) is 0. The van der Waals surface area contributed by atoms with Crippen LogP contribution in [0.2, 0.25) is 0 Å².